The second kappa shape index (κ2) is 11.7. The Morgan fingerprint density at radius 1 is 1.17 bits per heavy atom. The number of likely N-dealkylation sites (tertiary alicyclic amines) is 1. The van der Waals surface area contributed by atoms with Crippen LogP contribution in [0, 0.1) is 5.92 Å². The second-order valence-electron chi connectivity index (χ2n) is 7.35. The van der Waals surface area contributed by atoms with Crippen LogP contribution in [0.4, 0.5) is 0 Å². The van der Waals surface area contributed by atoms with Gasteiger partial charge >= 0.3 is 11.9 Å². The lowest BCUT2D eigenvalue weighted by atomic mass is 9.97. The van der Waals surface area contributed by atoms with E-state index in [2.05, 4.69) is 23.3 Å². The molecule has 5 unspecified atom stereocenters. The number of nitrogens with zero attached hydrogens (tertiary/aromatic N) is 1. The molecule has 5 atom stereocenters. The van der Waals surface area contributed by atoms with Gasteiger partial charge in [-0.05, 0) is 18.8 Å². The highest BCUT2D eigenvalue weighted by molar-refractivity contribution is 7.80. The Morgan fingerprint density at radius 3 is 2.30 bits per heavy atom. The minimum atomic E-state index is -1.33. The third-order valence-corrected chi connectivity index (χ3v) is 5.51. The second-order valence-corrected chi connectivity index (χ2v) is 7.71. The minimum absolute atomic E-state index is 0.0624. The van der Waals surface area contributed by atoms with E-state index in [1.165, 1.54) is 4.90 Å². The Balaban J connectivity index is 2.90. The van der Waals surface area contributed by atoms with Gasteiger partial charge in [0, 0.05) is 12.3 Å². The number of hydrogen-bond acceptors (Lipinski definition) is 7. The fourth-order valence-corrected chi connectivity index (χ4v) is 3.42. The van der Waals surface area contributed by atoms with Crippen LogP contribution < -0.4 is 16.4 Å². The molecule has 170 valence electrons. The number of aliphatic carboxylic acids is 2. The molecule has 1 rings (SSSR count). The first-order valence-corrected chi connectivity index (χ1v) is 10.4. The normalized spacial score (nSPS) is 20.0. The summed E-state index contributed by atoms with van der Waals surface area (Å²) in [6.45, 7) is 3.79. The van der Waals surface area contributed by atoms with Crippen LogP contribution in [0.1, 0.15) is 39.5 Å². The molecule has 1 aliphatic heterocycles. The van der Waals surface area contributed by atoms with E-state index in [1.54, 1.807) is 13.8 Å². The van der Waals surface area contributed by atoms with E-state index in [-0.39, 0.29) is 18.2 Å². The summed E-state index contributed by atoms with van der Waals surface area (Å²) in [5, 5.41) is 23.0. The molecule has 12 heteroatoms. The molecule has 3 amide bonds. The molecular weight excluding hydrogens is 416 g/mol. The van der Waals surface area contributed by atoms with Crippen LogP contribution in [0.3, 0.4) is 0 Å². The monoisotopic (exact) mass is 446 g/mol. The van der Waals surface area contributed by atoms with Crippen molar-refractivity contribution in [3.8, 4) is 0 Å². The summed E-state index contributed by atoms with van der Waals surface area (Å²) in [5.41, 5.74) is 5.56. The zero-order valence-electron chi connectivity index (χ0n) is 17.0. The highest BCUT2D eigenvalue weighted by Gasteiger charge is 2.38. The maximum atomic E-state index is 12.8. The number of amides is 3. The van der Waals surface area contributed by atoms with E-state index in [0.717, 1.165) is 0 Å². The molecule has 1 heterocycles. The van der Waals surface area contributed by atoms with Crippen molar-refractivity contribution >= 4 is 42.3 Å². The van der Waals surface area contributed by atoms with Gasteiger partial charge in [0.15, 0.2) is 0 Å². The zero-order chi connectivity index (χ0) is 23.0. The molecule has 0 aliphatic carbocycles. The predicted molar refractivity (Wildman–Crippen MR) is 110 cm³/mol. The van der Waals surface area contributed by atoms with Gasteiger partial charge in [0.2, 0.25) is 17.7 Å². The van der Waals surface area contributed by atoms with Crippen molar-refractivity contribution < 1.29 is 34.2 Å². The smallest absolute Gasteiger partial charge is 0.326 e. The van der Waals surface area contributed by atoms with E-state index in [4.69, 9.17) is 10.8 Å². The number of carbonyl (C=O) groups excluding carboxylic acids is 3. The van der Waals surface area contributed by atoms with E-state index >= 15 is 0 Å². The van der Waals surface area contributed by atoms with Gasteiger partial charge in [-0.1, -0.05) is 20.3 Å². The van der Waals surface area contributed by atoms with Crippen LogP contribution in [0.25, 0.3) is 0 Å². The van der Waals surface area contributed by atoms with Crippen LogP contribution in [-0.2, 0) is 24.0 Å². The third kappa shape index (κ3) is 6.87. The highest BCUT2D eigenvalue weighted by atomic mass is 32.1. The van der Waals surface area contributed by atoms with E-state index in [9.17, 15) is 29.1 Å². The number of nitrogens with two attached hydrogens (primary N) is 1. The maximum absolute atomic E-state index is 12.8. The van der Waals surface area contributed by atoms with Gasteiger partial charge < -0.3 is 31.5 Å². The molecule has 0 saturated carbocycles. The average Bonchev–Trinajstić information content (AvgIpc) is 3.18. The molecule has 1 saturated heterocycles. The molecule has 0 radical (unpaired) electrons. The van der Waals surface area contributed by atoms with Gasteiger partial charge in [0.05, 0.1) is 12.5 Å². The predicted octanol–water partition coefficient (Wildman–Crippen LogP) is -1.19. The van der Waals surface area contributed by atoms with Gasteiger partial charge in [-0.15, -0.1) is 0 Å². The number of rotatable bonds is 11. The molecular formula is C18H30N4O7S. The molecule has 0 aromatic heterocycles. The van der Waals surface area contributed by atoms with Crippen LogP contribution in [0.5, 0.6) is 0 Å². The quantitative estimate of drug-likeness (QED) is 0.214. The molecule has 11 nitrogen and oxygen atoms in total. The fourth-order valence-electron chi connectivity index (χ4n) is 3.18. The summed E-state index contributed by atoms with van der Waals surface area (Å²) >= 11 is 4.10. The number of thiol groups is 1. The lowest BCUT2D eigenvalue weighted by Gasteiger charge is -2.29. The van der Waals surface area contributed by atoms with Crippen molar-refractivity contribution in [2.45, 2.75) is 63.7 Å². The molecule has 0 spiro atoms. The Hall–Kier alpha value is -2.34. The van der Waals surface area contributed by atoms with Crippen LogP contribution in [0.15, 0.2) is 0 Å². The van der Waals surface area contributed by atoms with Gasteiger partial charge in [-0.2, -0.15) is 12.6 Å². The van der Waals surface area contributed by atoms with Crippen molar-refractivity contribution in [1.29, 1.82) is 0 Å². The van der Waals surface area contributed by atoms with Crippen LogP contribution in [0.2, 0.25) is 0 Å². The summed E-state index contributed by atoms with van der Waals surface area (Å²) in [4.78, 5) is 61.1. The summed E-state index contributed by atoms with van der Waals surface area (Å²) in [7, 11) is 0. The molecule has 30 heavy (non-hydrogen) atoms. The molecule has 0 bridgehead atoms. The topological polar surface area (TPSA) is 179 Å². The first-order chi connectivity index (χ1) is 14.0. The fraction of sp³-hybridized carbons (Fsp3) is 0.722. The van der Waals surface area contributed by atoms with Crippen molar-refractivity contribution in [1.82, 2.24) is 15.5 Å². The van der Waals surface area contributed by atoms with Crippen molar-refractivity contribution in [2.75, 3.05) is 12.3 Å². The zero-order valence-corrected chi connectivity index (χ0v) is 17.9. The molecule has 0 aromatic rings. The number of carboxylic acids is 2. The van der Waals surface area contributed by atoms with Crippen molar-refractivity contribution in [3.63, 3.8) is 0 Å². The summed E-state index contributed by atoms with van der Waals surface area (Å²) in [5.74, 6) is -4.76. The third-order valence-electron chi connectivity index (χ3n) is 5.14. The number of carbonyl (C=O) groups is 5. The van der Waals surface area contributed by atoms with E-state index in [1.807, 2.05) is 0 Å². The Labute approximate surface area is 180 Å². The molecule has 6 N–H and O–H groups in total. The highest BCUT2D eigenvalue weighted by Crippen LogP contribution is 2.19. The standard InChI is InChI=1S/C18H30N4O7S/c1-3-9(2)14(21-15(25)10(19)7-13(23)24)16(26)20-11(8-30)17(27)22-6-4-5-12(22)18(28)29/h9-12,14,30H,3-8,19H2,1-2H3,(H,20,26)(H,21,25)(H,23,24)(H,28,29). The Morgan fingerprint density at radius 2 is 1.80 bits per heavy atom. The Kier molecular flexibility index (Phi) is 10.1. The summed E-state index contributed by atoms with van der Waals surface area (Å²) in [6.07, 6.45) is 0.799. The first-order valence-electron chi connectivity index (χ1n) is 9.75. The lowest BCUT2D eigenvalue weighted by Crippen LogP contribution is -2.59. The van der Waals surface area contributed by atoms with E-state index < -0.39 is 60.2 Å². The van der Waals surface area contributed by atoms with Gasteiger partial charge in [0.25, 0.3) is 0 Å². The number of nitrogens with one attached hydrogen (secondary N) is 2. The molecule has 1 fully saturated rings. The SMILES string of the molecule is CCC(C)C(NC(=O)C(N)CC(=O)O)C(=O)NC(CS)C(=O)N1CCCC1C(=O)O. The van der Waals surface area contributed by atoms with Gasteiger partial charge in [-0.25, -0.2) is 4.79 Å². The largest absolute Gasteiger partial charge is 0.481 e. The van der Waals surface area contributed by atoms with Crippen molar-refractivity contribution in [3.05, 3.63) is 0 Å². The maximum Gasteiger partial charge on any atom is 0.326 e. The first kappa shape index (κ1) is 25.7. The van der Waals surface area contributed by atoms with E-state index in [0.29, 0.717) is 19.3 Å². The van der Waals surface area contributed by atoms with Gasteiger partial charge in [-0.3, -0.25) is 19.2 Å². The minimum Gasteiger partial charge on any atom is -0.481 e. The average molecular weight is 447 g/mol. The van der Waals surface area contributed by atoms with Gasteiger partial charge in [0.1, 0.15) is 18.1 Å². The van der Waals surface area contributed by atoms with Crippen LogP contribution >= 0.6 is 12.6 Å². The molecule has 0 aromatic carbocycles. The van der Waals surface area contributed by atoms with Crippen molar-refractivity contribution in [2.24, 2.45) is 11.7 Å². The van der Waals surface area contributed by atoms with Crippen LogP contribution in [-0.4, -0.2) is 81.2 Å². The number of carboxylic acid groups (broad SMARTS) is 2. The summed E-state index contributed by atoms with van der Waals surface area (Å²) < 4.78 is 0. The lowest BCUT2D eigenvalue weighted by molar-refractivity contribution is -0.149. The molecule has 1 aliphatic rings. The summed E-state index contributed by atoms with van der Waals surface area (Å²) in [6, 6.07) is -4.40. The Bertz CT molecular complexity index is 675. The number of hydrogen-bond donors (Lipinski definition) is 6.